The van der Waals surface area contributed by atoms with Crippen LogP contribution in [-0.4, -0.2) is 25.2 Å². The number of amides is 2. The van der Waals surface area contributed by atoms with Gasteiger partial charge < -0.3 is 4.74 Å². The number of rotatable bonds is 2. The average Bonchev–Trinajstić information content (AvgIpc) is 2.63. The molecule has 0 atom stereocenters. The average molecular weight is 240 g/mol. The Morgan fingerprint density at radius 3 is 2.59 bits per heavy atom. The standard InChI is InChI=1S/C10H13FN4O2/c1-6-4-8(9(17-3)5-7(6)11)15-10(16)14(2)12-13-15/h4-5,12-13H,1-3H3. The minimum Gasteiger partial charge on any atom is -0.494 e. The minimum atomic E-state index is -0.376. The van der Waals surface area contributed by atoms with Gasteiger partial charge >= 0.3 is 6.03 Å². The minimum absolute atomic E-state index is 0.283. The molecule has 1 heterocycles. The smallest absolute Gasteiger partial charge is 0.355 e. The summed E-state index contributed by atoms with van der Waals surface area (Å²) in [7, 11) is 2.99. The Kier molecular flexibility index (Phi) is 2.86. The van der Waals surface area contributed by atoms with E-state index in [2.05, 4.69) is 11.1 Å². The second-order valence-electron chi connectivity index (χ2n) is 3.67. The lowest BCUT2D eigenvalue weighted by Crippen LogP contribution is -2.38. The van der Waals surface area contributed by atoms with Crippen LogP contribution in [0, 0.1) is 12.7 Å². The zero-order valence-corrected chi connectivity index (χ0v) is 9.74. The van der Waals surface area contributed by atoms with Gasteiger partial charge in [-0.2, -0.15) is 0 Å². The first-order valence-electron chi connectivity index (χ1n) is 4.98. The van der Waals surface area contributed by atoms with Crippen molar-refractivity contribution in [2.75, 3.05) is 19.2 Å². The van der Waals surface area contributed by atoms with Gasteiger partial charge in [0.15, 0.2) is 0 Å². The third-order valence-electron chi connectivity index (χ3n) is 2.51. The Balaban J connectivity index is 2.44. The van der Waals surface area contributed by atoms with E-state index in [0.717, 1.165) is 0 Å². The van der Waals surface area contributed by atoms with Crippen LogP contribution in [0.15, 0.2) is 12.1 Å². The maximum atomic E-state index is 13.4. The van der Waals surface area contributed by atoms with Gasteiger partial charge in [0.2, 0.25) is 0 Å². The van der Waals surface area contributed by atoms with Crippen molar-refractivity contribution >= 4 is 11.7 Å². The maximum absolute atomic E-state index is 13.4. The fourth-order valence-corrected chi connectivity index (χ4v) is 1.52. The molecule has 1 aromatic rings. The van der Waals surface area contributed by atoms with E-state index in [9.17, 15) is 9.18 Å². The Hall–Kier alpha value is -1.86. The van der Waals surface area contributed by atoms with Crippen LogP contribution in [0.5, 0.6) is 5.75 Å². The van der Waals surface area contributed by atoms with Crippen molar-refractivity contribution in [3.63, 3.8) is 0 Å². The van der Waals surface area contributed by atoms with E-state index < -0.39 is 0 Å². The predicted molar refractivity (Wildman–Crippen MR) is 59.6 cm³/mol. The quantitative estimate of drug-likeness (QED) is 0.807. The Morgan fingerprint density at radius 1 is 1.35 bits per heavy atom. The summed E-state index contributed by atoms with van der Waals surface area (Å²) in [5, 5.41) is 2.50. The molecule has 6 nitrogen and oxygen atoms in total. The summed E-state index contributed by atoms with van der Waals surface area (Å²) in [5.41, 5.74) is 6.15. The van der Waals surface area contributed by atoms with E-state index in [4.69, 9.17) is 4.74 Å². The van der Waals surface area contributed by atoms with Crippen molar-refractivity contribution in [3.05, 3.63) is 23.5 Å². The van der Waals surface area contributed by atoms with Gasteiger partial charge in [-0.25, -0.2) is 19.2 Å². The summed E-state index contributed by atoms with van der Waals surface area (Å²) in [6.07, 6.45) is 0. The van der Waals surface area contributed by atoms with E-state index in [1.807, 2.05) is 0 Å². The molecule has 0 spiro atoms. The number of hydrogen-bond acceptors (Lipinski definition) is 4. The summed E-state index contributed by atoms with van der Waals surface area (Å²) in [4.78, 5) is 11.7. The number of anilines is 1. The number of urea groups is 1. The summed E-state index contributed by atoms with van der Waals surface area (Å²) < 4.78 is 18.4. The molecule has 7 heteroatoms. The molecule has 92 valence electrons. The molecule has 2 amide bonds. The Morgan fingerprint density at radius 2 is 2.06 bits per heavy atom. The highest BCUT2D eigenvalue weighted by atomic mass is 19.1. The molecule has 17 heavy (non-hydrogen) atoms. The van der Waals surface area contributed by atoms with E-state index in [-0.39, 0.29) is 17.6 Å². The summed E-state index contributed by atoms with van der Waals surface area (Å²) >= 11 is 0. The molecule has 2 rings (SSSR count). The van der Waals surface area contributed by atoms with Crippen molar-refractivity contribution in [1.82, 2.24) is 16.1 Å². The fourth-order valence-electron chi connectivity index (χ4n) is 1.52. The van der Waals surface area contributed by atoms with Crippen LogP contribution in [0.3, 0.4) is 0 Å². The molecule has 1 aliphatic rings. The molecule has 1 saturated heterocycles. The van der Waals surface area contributed by atoms with E-state index in [1.54, 1.807) is 20.0 Å². The highest BCUT2D eigenvalue weighted by molar-refractivity contribution is 5.93. The van der Waals surface area contributed by atoms with Crippen molar-refractivity contribution in [3.8, 4) is 5.75 Å². The molecular weight excluding hydrogens is 227 g/mol. The number of nitrogens with one attached hydrogen (secondary N) is 2. The number of ether oxygens (including phenoxy) is 1. The van der Waals surface area contributed by atoms with Crippen LogP contribution >= 0.6 is 0 Å². The third-order valence-corrected chi connectivity index (χ3v) is 2.51. The predicted octanol–water partition coefficient (Wildman–Crippen LogP) is 0.939. The molecule has 0 saturated carbocycles. The molecule has 1 aliphatic heterocycles. The van der Waals surface area contributed by atoms with Crippen molar-refractivity contribution in [2.45, 2.75) is 6.92 Å². The number of methoxy groups -OCH3 is 1. The third kappa shape index (κ3) is 1.90. The molecule has 0 bridgehead atoms. The monoisotopic (exact) mass is 240 g/mol. The molecule has 0 aliphatic carbocycles. The van der Waals surface area contributed by atoms with Gasteiger partial charge in [-0.15, -0.1) is 11.1 Å². The van der Waals surface area contributed by atoms with Gasteiger partial charge in [0.25, 0.3) is 0 Å². The maximum Gasteiger partial charge on any atom is 0.355 e. The number of hydrogen-bond donors (Lipinski definition) is 2. The number of hydrazine groups is 3. The van der Waals surface area contributed by atoms with Gasteiger partial charge in [-0.3, -0.25) is 0 Å². The number of benzene rings is 1. The highest BCUT2D eigenvalue weighted by Crippen LogP contribution is 2.31. The molecule has 0 radical (unpaired) electrons. The van der Waals surface area contributed by atoms with E-state index in [1.165, 1.54) is 23.2 Å². The number of halogens is 1. The van der Waals surface area contributed by atoms with Crippen LogP contribution in [0.1, 0.15) is 5.56 Å². The lowest BCUT2D eigenvalue weighted by molar-refractivity contribution is 0.214. The van der Waals surface area contributed by atoms with Gasteiger partial charge in [0, 0.05) is 13.1 Å². The lowest BCUT2D eigenvalue weighted by atomic mass is 10.2. The number of carbonyl (C=O) groups is 1. The van der Waals surface area contributed by atoms with Crippen LogP contribution in [0.4, 0.5) is 14.9 Å². The molecule has 2 N–H and O–H groups in total. The van der Waals surface area contributed by atoms with Gasteiger partial charge in [-0.05, 0) is 18.6 Å². The van der Waals surface area contributed by atoms with Gasteiger partial charge in [0.05, 0.1) is 7.11 Å². The first-order chi connectivity index (χ1) is 8.04. The lowest BCUT2D eigenvalue weighted by Gasteiger charge is -2.17. The summed E-state index contributed by atoms with van der Waals surface area (Å²) in [6, 6.07) is 2.48. The van der Waals surface area contributed by atoms with Gasteiger partial charge in [-0.1, -0.05) is 0 Å². The fraction of sp³-hybridized carbons (Fsp3) is 0.300. The van der Waals surface area contributed by atoms with E-state index >= 15 is 0 Å². The van der Waals surface area contributed by atoms with Crippen molar-refractivity contribution in [2.24, 2.45) is 0 Å². The first-order valence-corrected chi connectivity index (χ1v) is 4.98. The molecule has 0 unspecified atom stereocenters. The van der Waals surface area contributed by atoms with Crippen molar-refractivity contribution < 1.29 is 13.9 Å². The normalized spacial score (nSPS) is 15.6. The zero-order valence-electron chi connectivity index (χ0n) is 9.74. The first kappa shape index (κ1) is 11.6. The topological polar surface area (TPSA) is 56.8 Å². The van der Waals surface area contributed by atoms with Gasteiger partial charge in [0.1, 0.15) is 17.3 Å². The number of aryl methyl sites for hydroxylation is 1. The van der Waals surface area contributed by atoms with Crippen LogP contribution in [0.25, 0.3) is 0 Å². The second-order valence-corrected chi connectivity index (χ2v) is 3.67. The summed E-state index contributed by atoms with van der Waals surface area (Å²) in [5.74, 6) is -0.0930. The Bertz CT molecular complexity index is 466. The zero-order chi connectivity index (χ0) is 12.6. The molecule has 0 aromatic heterocycles. The van der Waals surface area contributed by atoms with Crippen LogP contribution < -0.4 is 20.8 Å². The highest BCUT2D eigenvalue weighted by Gasteiger charge is 2.29. The van der Waals surface area contributed by atoms with Crippen molar-refractivity contribution in [1.29, 1.82) is 0 Å². The van der Waals surface area contributed by atoms with Crippen LogP contribution in [0.2, 0.25) is 0 Å². The SMILES string of the molecule is COc1cc(F)c(C)cc1N1NNN(C)C1=O. The molecule has 1 aromatic carbocycles. The number of carbonyl (C=O) groups excluding carboxylic acids is 1. The molecule has 1 fully saturated rings. The molecular formula is C10H13FN4O2. The van der Waals surface area contributed by atoms with Crippen LogP contribution in [-0.2, 0) is 0 Å². The largest absolute Gasteiger partial charge is 0.494 e. The Labute approximate surface area is 97.9 Å². The van der Waals surface area contributed by atoms with E-state index in [0.29, 0.717) is 11.3 Å². The number of nitrogens with zero attached hydrogens (tertiary/aromatic N) is 2. The summed E-state index contributed by atoms with van der Waals surface area (Å²) in [6.45, 7) is 1.62. The second kappa shape index (κ2) is 4.19.